The third-order valence-corrected chi connectivity index (χ3v) is 5.67. The summed E-state index contributed by atoms with van der Waals surface area (Å²) in [4.78, 5) is 5.04. The monoisotopic (exact) mass is 300 g/mol. The van der Waals surface area contributed by atoms with Gasteiger partial charge in [0.15, 0.2) is 0 Å². The normalized spacial score (nSPS) is 11.9. The molecule has 2 heterocycles. The molecule has 0 atom stereocenters. The van der Waals surface area contributed by atoms with E-state index in [0.29, 0.717) is 23.0 Å². The van der Waals surface area contributed by atoms with Crippen molar-refractivity contribution < 1.29 is 8.42 Å². The Morgan fingerprint density at radius 2 is 2.26 bits per heavy atom. The number of hydrogen-bond donors (Lipinski definition) is 2. The first kappa shape index (κ1) is 14.2. The van der Waals surface area contributed by atoms with Crippen molar-refractivity contribution >= 4 is 21.4 Å². The van der Waals surface area contributed by atoms with Crippen LogP contribution in [-0.2, 0) is 30.0 Å². The fourth-order valence-corrected chi connectivity index (χ4v) is 3.97. The summed E-state index contributed by atoms with van der Waals surface area (Å²) in [7, 11) is -1.66. The zero-order valence-electron chi connectivity index (χ0n) is 10.5. The van der Waals surface area contributed by atoms with Gasteiger partial charge < -0.3 is 10.3 Å². The van der Waals surface area contributed by atoms with E-state index in [1.807, 2.05) is 7.05 Å². The fraction of sp³-hybridized carbons (Fsp3) is 0.364. The Morgan fingerprint density at radius 1 is 1.47 bits per heavy atom. The van der Waals surface area contributed by atoms with Crippen LogP contribution in [0.3, 0.4) is 0 Å². The Labute approximate surface area is 116 Å². The lowest BCUT2D eigenvalue weighted by molar-refractivity contribution is 0.579. The summed E-state index contributed by atoms with van der Waals surface area (Å²) in [5.74, 6) is 0.669. The predicted molar refractivity (Wildman–Crippen MR) is 74.3 cm³/mol. The predicted octanol–water partition coefficient (Wildman–Crippen LogP) is 0.461. The first-order chi connectivity index (χ1) is 9.03. The number of nitrogens with two attached hydrogens (primary N) is 1. The maximum absolute atomic E-state index is 12.1. The highest BCUT2D eigenvalue weighted by atomic mass is 32.2. The van der Waals surface area contributed by atoms with E-state index in [2.05, 4.69) is 9.71 Å². The molecule has 0 saturated heterocycles. The van der Waals surface area contributed by atoms with Crippen LogP contribution in [-0.4, -0.2) is 24.5 Å². The van der Waals surface area contributed by atoms with Gasteiger partial charge in [0.2, 0.25) is 10.0 Å². The van der Waals surface area contributed by atoms with Crippen molar-refractivity contribution in [3.05, 3.63) is 35.2 Å². The Hall–Kier alpha value is -1.22. The molecule has 104 valence electrons. The van der Waals surface area contributed by atoms with Crippen LogP contribution < -0.4 is 10.5 Å². The van der Waals surface area contributed by atoms with E-state index in [-0.39, 0.29) is 6.54 Å². The molecule has 0 aromatic carbocycles. The molecule has 0 aliphatic carbocycles. The molecule has 0 aliphatic heterocycles. The van der Waals surface area contributed by atoms with Gasteiger partial charge in [0.1, 0.15) is 10.0 Å². The minimum absolute atomic E-state index is 0.177. The van der Waals surface area contributed by atoms with E-state index in [0.717, 1.165) is 4.88 Å². The van der Waals surface area contributed by atoms with Crippen LogP contribution >= 0.6 is 11.3 Å². The number of rotatable bonds is 6. The van der Waals surface area contributed by atoms with Gasteiger partial charge in [0.05, 0.1) is 6.54 Å². The van der Waals surface area contributed by atoms with Crippen molar-refractivity contribution in [2.24, 2.45) is 12.8 Å². The molecule has 0 unspecified atom stereocenters. The van der Waals surface area contributed by atoms with Gasteiger partial charge in [-0.3, -0.25) is 0 Å². The van der Waals surface area contributed by atoms with Crippen LogP contribution in [0.1, 0.15) is 10.7 Å². The summed E-state index contributed by atoms with van der Waals surface area (Å²) in [6, 6.07) is 3.41. The molecule has 0 fully saturated rings. The maximum atomic E-state index is 12.1. The number of aromatic nitrogens is 2. The molecule has 6 nitrogen and oxygen atoms in total. The van der Waals surface area contributed by atoms with E-state index in [9.17, 15) is 8.42 Å². The molecule has 8 heteroatoms. The largest absolute Gasteiger partial charge is 0.337 e. The number of hydrogen-bond acceptors (Lipinski definition) is 5. The van der Waals surface area contributed by atoms with E-state index in [4.69, 9.17) is 5.73 Å². The zero-order chi connectivity index (χ0) is 13.9. The highest BCUT2D eigenvalue weighted by Crippen LogP contribution is 2.21. The van der Waals surface area contributed by atoms with Crippen molar-refractivity contribution in [1.82, 2.24) is 14.3 Å². The van der Waals surface area contributed by atoms with Crippen molar-refractivity contribution in [3.8, 4) is 0 Å². The minimum atomic E-state index is -3.48. The Bertz CT molecular complexity index is 645. The average molecular weight is 300 g/mol. The van der Waals surface area contributed by atoms with Gasteiger partial charge in [-0.2, -0.15) is 0 Å². The molecule has 19 heavy (non-hydrogen) atoms. The van der Waals surface area contributed by atoms with Gasteiger partial charge in [0.25, 0.3) is 0 Å². The molecule has 0 saturated carbocycles. The standard InChI is InChI=1S/C11H16N4O2S2/c1-15-7-6-13-10(15)8-14-19(16,17)11-3-2-9(18-11)4-5-12/h2-3,6-7,14H,4-5,8,12H2,1H3. The van der Waals surface area contributed by atoms with Crippen LogP contribution in [0.25, 0.3) is 0 Å². The Kier molecular flexibility index (Phi) is 4.35. The molecule has 0 aliphatic rings. The number of sulfonamides is 1. The third-order valence-electron chi connectivity index (χ3n) is 2.63. The van der Waals surface area contributed by atoms with E-state index < -0.39 is 10.0 Å². The second kappa shape index (κ2) is 5.83. The molecule has 2 rings (SSSR count). The van der Waals surface area contributed by atoms with Crippen LogP contribution in [0.4, 0.5) is 0 Å². The molecule has 0 spiro atoms. The van der Waals surface area contributed by atoms with Crippen molar-refractivity contribution in [1.29, 1.82) is 0 Å². The number of nitrogens with one attached hydrogen (secondary N) is 1. The van der Waals surface area contributed by atoms with Gasteiger partial charge in [-0.1, -0.05) is 0 Å². The lowest BCUT2D eigenvalue weighted by Crippen LogP contribution is -2.23. The second-order valence-electron chi connectivity index (χ2n) is 4.04. The lowest BCUT2D eigenvalue weighted by Gasteiger charge is -2.04. The maximum Gasteiger partial charge on any atom is 0.250 e. The summed E-state index contributed by atoms with van der Waals surface area (Å²) in [6.07, 6.45) is 4.10. The number of thiophene rings is 1. The fourth-order valence-electron chi connectivity index (χ4n) is 1.58. The molecule has 0 radical (unpaired) electrons. The van der Waals surface area contributed by atoms with E-state index in [1.165, 1.54) is 11.3 Å². The lowest BCUT2D eigenvalue weighted by atomic mass is 10.3. The number of imidazole rings is 1. The summed E-state index contributed by atoms with van der Waals surface area (Å²) in [6.45, 7) is 0.691. The summed E-state index contributed by atoms with van der Waals surface area (Å²) >= 11 is 1.25. The van der Waals surface area contributed by atoms with Crippen molar-refractivity contribution in [3.63, 3.8) is 0 Å². The highest BCUT2D eigenvalue weighted by Gasteiger charge is 2.17. The molecular formula is C11H16N4O2S2. The smallest absolute Gasteiger partial charge is 0.250 e. The first-order valence-corrected chi connectivity index (χ1v) is 8.07. The molecule has 0 amide bonds. The quantitative estimate of drug-likeness (QED) is 0.811. The molecule has 2 aromatic heterocycles. The van der Waals surface area contributed by atoms with Crippen LogP contribution in [0.5, 0.6) is 0 Å². The summed E-state index contributed by atoms with van der Waals surface area (Å²) < 4.78 is 28.8. The number of nitrogens with zero attached hydrogens (tertiary/aromatic N) is 2. The van der Waals surface area contributed by atoms with Gasteiger partial charge in [-0.25, -0.2) is 18.1 Å². The summed E-state index contributed by atoms with van der Waals surface area (Å²) in [5.41, 5.74) is 5.45. The highest BCUT2D eigenvalue weighted by molar-refractivity contribution is 7.91. The van der Waals surface area contributed by atoms with E-state index >= 15 is 0 Å². The molecule has 3 N–H and O–H groups in total. The van der Waals surface area contributed by atoms with Crippen molar-refractivity contribution in [2.75, 3.05) is 6.54 Å². The van der Waals surface area contributed by atoms with E-state index in [1.54, 1.807) is 29.1 Å². The van der Waals surface area contributed by atoms with Gasteiger partial charge in [0, 0.05) is 24.3 Å². The van der Waals surface area contributed by atoms with Crippen molar-refractivity contribution in [2.45, 2.75) is 17.2 Å². The van der Waals surface area contributed by atoms with Gasteiger partial charge in [-0.15, -0.1) is 11.3 Å². The molecule has 0 bridgehead atoms. The second-order valence-corrected chi connectivity index (χ2v) is 7.20. The summed E-state index contributed by atoms with van der Waals surface area (Å²) in [5, 5.41) is 0. The van der Waals surface area contributed by atoms with Crippen LogP contribution in [0, 0.1) is 0 Å². The number of aryl methyl sites for hydroxylation is 1. The topological polar surface area (TPSA) is 90.0 Å². The Morgan fingerprint density at radius 3 is 2.89 bits per heavy atom. The Balaban J connectivity index is 2.07. The zero-order valence-corrected chi connectivity index (χ0v) is 12.2. The first-order valence-electron chi connectivity index (χ1n) is 5.77. The minimum Gasteiger partial charge on any atom is -0.337 e. The average Bonchev–Trinajstić information content (AvgIpc) is 2.97. The van der Waals surface area contributed by atoms with Crippen LogP contribution in [0.15, 0.2) is 28.7 Å². The SMILES string of the molecule is Cn1ccnc1CNS(=O)(=O)c1ccc(CCN)s1. The van der Waals surface area contributed by atoms with Gasteiger partial charge >= 0.3 is 0 Å². The van der Waals surface area contributed by atoms with Gasteiger partial charge in [-0.05, 0) is 25.1 Å². The van der Waals surface area contributed by atoms with Crippen LogP contribution in [0.2, 0.25) is 0 Å². The molecule has 2 aromatic rings. The molecular weight excluding hydrogens is 284 g/mol. The third kappa shape index (κ3) is 3.41.